The largest absolute Gasteiger partial charge is 0.317 e. The molecule has 28 heavy (non-hydrogen) atoms. The highest BCUT2D eigenvalue weighted by Gasteiger charge is 2.24. The normalized spacial score (nSPS) is 12.1. The van der Waals surface area contributed by atoms with Crippen molar-refractivity contribution in [3.63, 3.8) is 0 Å². The van der Waals surface area contributed by atoms with Crippen molar-refractivity contribution in [3.05, 3.63) is 57.7 Å². The molecule has 0 aliphatic heterocycles. The molecule has 0 bridgehead atoms. The maximum Gasteiger partial charge on any atom is 0.248 e. The number of nitrogens with zero attached hydrogens (tertiary/aromatic N) is 2. The summed E-state index contributed by atoms with van der Waals surface area (Å²) in [6.45, 7) is 6.21. The fraction of sp³-hybridized carbons (Fsp3) is 0.316. The van der Waals surface area contributed by atoms with E-state index in [4.69, 9.17) is 16.7 Å². The van der Waals surface area contributed by atoms with Crippen LogP contribution < -0.4 is 5.14 Å². The minimum Gasteiger partial charge on any atom is -0.317 e. The molecule has 5 nitrogen and oxygen atoms in total. The Kier molecular flexibility index (Phi) is 5.95. The molecule has 3 rings (SSSR count). The summed E-state index contributed by atoms with van der Waals surface area (Å²) >= 11 is 7.12. The SMILES string of the molecule is Cc1c(CC(C)C)sc(S(N)(=O)=O)c1-c1ccc(Cn2ccnc2Cl)c(F)c1. The van der Waals surface area contributed by atoms with E-state index in [1.54, 1.807) is 22.9 Å². The van der Waals surface area contributed by atoms with Crippen LogP contribution in [0, 0.1) is 18.7 Å². The van der Waals surface area contributed by atoms with Crippen molar-refractivity contribution in [2.75, 3.05) is 0 Å². The zero-order valence-corrected chi connectivity index (χ0v) is 18.1. The van der Waals surface area contributed by atoms with Crippen molar-refractivity contribution in [3.8, 4) is 11.1 Å². The van der Waals surface area contributed by atoms with E-state index in [9.17, 15) is 12.8 Å². The summed E-state index contributed by atoms with van der Waals surface area (Å²) in [5.74, 6) is -0.0868. The van der Waals surface area contributed by atoms with Crippen molar-refractivity contribution in [1.82, 2.24) is 9.55 Å². The van der Waals surface area contributed by atoms with Gasteiger partial charge in [-0.1, -0.05) is 26.0 Å². The Morgan fingerprint density at radius 3 is 2.61 bits per heavy atom. The number of thiophene rings is 1. The van der Waals surface area contributed by atoms with Crippen LogP contribution in [0.25, 0.3) is 11.1 Å². The van der Waals surface area contributed by atoms with Gasteiger partial charge in [0, 0.05) is 28.4 Å². The highest BCUT2D eigenvalue weighted by Crippen LogP contribution is 2.40. The van der Waals surface area contributed by atoms with Gasteiger partial charge in [0.1, 0.15) is 10.0 Å². The average Bonchev–Trinajstić information content (AvgIpc) is 3.13. The zero-order valence-electron chi connectivity index (χ0n) is 15.7. The van der Waals surface area contributed by atoms with Crippen LogP contribution in [0.5, 0.6) is 0 Å². The third-order valence-corrected chi connectivity index (χ3v) is 7.50. The summed E-state index contributed by atoms with van der Waals surface area (Å²) in [4.78, 5) is 4.86. The molecule has 2 aromatic heterocycles. The number of aromatic nitrogens is 2. The van der Waals surface area contributed by atoms with E-state index in [0.717, 1.165) is 16.9 Å². The number of sulfonamides is 1. The lowest BCUT2D eigenvalue weighted by Gasteiger charge is -2.10. The first-order chi connectivity index (χ1) is 13.1. The van der Waals surface area contributed by atoms with Crippen molar-refractivity contribution < 1.29 is 12.8 Å². The molecular formula is C19H21ClFN3O2S2. The van der Waals surface area contributed by atoms with Crippen LogP contribution >= 0.6 is 22.9 Å². The second-order valence-corrected chi connectivity index (χ2v) is 10.3. The highest BCUT2D eigenvalue weighted by atomic mass is 35.5. The van der Waals surface area contributed by atoms with Crippen LogP contribution in [-0.2, 0) is 23.0 Å². The van der Waals surface area contributed by atoms with Gasteiger partial charge in [-0.25, -0.2) is 22.9 Å². The summed E-state index contributed by atoms with van der Waals surface area (Å²) < 4.78 is 40.8. The molecule has 2 heterocycles. The number of hydrogen-bond acceptors (Lipinski definition) is 4. The molecule has 0 saturated carbocycles. The van der Waals surface area contributed by atoms with Gasteiger partial charge in [-0.15, -0.1) is 11.3 Å². The number of imidazole rings is 1. The van der Waals surface area contributed by atoms with Gasteiger partial charge in [0.05, 0.1) is 6.54 Å². The van der Waals surface area contributed by atoms with E-state index in [0.29, 0.717) is 22.6 Å². The van der Waals surface area contributed by atoms with Gasteiger partial charge in [-0.05, 0) is 48.1 Å². The van der Waals surface area contributed by atoms with Crippen molar-refractivity contribution in [2.45, 2.75) is 37.9 Å². The molecule has 0 amide bonds. The highest BCUT2D eigenvalue weighted by molar-refractivity contribution is 7.91. The Morgan fingerprint density at radius 1 is 1.36 bits per heavy atom. The van der Waals surface area contributed by atoms with Gasteiger partial charge in [-0.3, -0.25) is 0 Å². The molecule has 0 aliphatic carbocycles. The zero-order chi connectivity index (χ0) is 20.6. The van der Waals surface area contributed by atoms with Crippen molar-refractivity contribution in [2.24, 2.45) is 11.1 Å². The first kappa shape index (κ1) is 21.0. The molecule has 2 N–H and O–H groups in total. The second kappa shape index (κ2) is 7.94. The third kappa shape index (κ3) is 4.30. The smallest absolute Gasteiger partial charge is 0.248 e. The molecular weight excluding hydrogens is 421 g/mol. The van der Waals surface area contributed by atoms with Gasteiger partial charge in [0.2, 0.25) is 15.3 Å². The molecule has 0 saturated heterocycles. The van der Waals surface area contributed by atoms with Crippen LogP contribution in [0.3, 0.4) is 0 Å². The lowest BCUT2D eigenvalue weighted by atomic mass is 9.99. The number of benzene rings is 1. The predicted octanol–water partition coefficient (Wildman–Crippen LogP) is 4.61. The third-order valence-electron chi connectivity index (χ3n) is 4.41. The average molecular weight is 442 g/mol. The van der Waals surface area contributed by atoms with Gasteiger partial charge >= 0.3 is 0 Å². The van der Waals surface area contributed by atoms with E-state index in [1.807, 2.05) is 6.92 Å². The number of primary sulfonamides is 1. The maximum absolute atomic E-state index is 14.8. The van der Waals surface area contributed by atoms with E-state index < -0.39 is 15.8 Å². The second-order valence-electron chi connectivity index (χ2n) is 7.09. The lowest BCUT2D eigenvalue weighted by Crippen LogP contribution is -2.11. The number of nitrogens with two attached hydrogens (primary N) is 1. The molecule has 0 spiro atoms. The van der Waals surface area contributed by atoms with Crippen LogP contribution in [-0.4, -0.2) is 18.0 Å². The molecule has 0 radical (unpaired) electrons. The Hall–Kier alpha value is -1.74. The van der Waals surface area contributed by atoms with E-state index >= 15 is 0 Å². The topological polar surface area (TPSA) is 78.0 Å². The molecule has 150 valence electrons. The molecule has 0 unspecified atom stereocenters. The Balaban J connectivity index is 2.07. The first-order valence-corrected chi connectivity index (χ1v) is 11.4. The van der Waals surface area contributed by atoms with Crippen LogP contribution in [0.4, 0.5) is 4.39 Å². The quantitative estimate of drug-likeness (QED) is 0.606. The fourth-order valence-corrected chi connectivity index (χ4v) is 5.84. The molecule has 1 aromatic carbocycles. The van der Waals surface area contributed by atoms with Gasteiger partial charge in [-0.2, -0.15) is 0 Å². The minimum atomic E-state index is -3.92. The van der Waals surface area contributed by atoms with Crippen LogP contribution in [0.2, 0.25) is 5.28 Å². The van der Waals surface area contributed by atoms with Gasteiger partial charge in [0.25, 0.3) is 0 Å². The van der Waals surface area contributed by atoms with Gasteiger partial charge in [0.15, 0.2) is 0 Å². The lowest BCUT2D eigenvalue weighted by molar-refractivity contribution is 0.598. The van der Waals surface area contributed by atoms with Crippen LogP contribution in [0.1, 0.15) is 29.9 Å². The Labute approximate surface area is 173 Å². The first-order valence-electron chi connectivity index (χ1n) is 8.68. The summed E-state index contributed by atoms with van der Waals surface area (Å²) in [5, 5.41) is 5.72. The molecule has 0 atom stereocenters. The Morgan fingerprint density at radius 2 is 2.07 bits per heavy atom. The maximum atomic E-state index is 14.8. The molecule has 0 aliphatic rings. The number of halogens is 2. The summed E-state index contributed by atoms with van der Waals surface area (Å²) in [5.41, 5.74) is 2.23. The van der Waals surface area contributed by atoms with Crippen LogP contribution in [0.15, 0.2) is 34.8 Å². The minimum absolute atomic E-state index is 0.0745. The predicted molar refractivity (Wildman–Crippen MR) is 111 cm³/mol. The van der Waals surface area contributed by atoms with Crippen molar-refractivity contribution >= 4 is 33.0 Å². The Bertz CT molecular complexity index is 1120. The number of rotatable bonds is 6. The molecule has 3 aromatic rings. The summed E-state index contributed by atoms with van der Waals surface area (Å²) in [7, 11) is -3.92. The summed E-state index contributed by atoms with van der Waals surface area (Å²) in [6, 6.07) is 4.70. The molecule has 0 fully saturated rings. The van der Waals surface area contributed by atoms with Gasteiger partial charge < -0.3 is 4.57 Å². The van der Waals surface area contributed by atoms with E-state index in [1.165, 1.54) is 23.6 Å². The molecule has 9 heteroatoms. The summed E-state index contributed by atoms with van der Waals surface area (Å²) in [6.07, 6.45) is 3.94. The fourth-order valence-electron chi connectivity index (χ4n) is 3.08. The van der Waals surface area contributed by atoms with E-state index in [2.05, 4.69) is 18.8 Å². The van der Waals surface area contributed by atoms with E-state index in [-0.39, 0.29) is 16.0 Å². The van der Waals surface area contributed by atoms with Crippen molar-refractivity contribution in [1.29, 1.82) is 0 Å². The number of hydrogen-bond donors (Lipinski definition) is 1. The monoisotopic (exact) mass is 441 g/mol. The standard InChI is InChI=1S/C19H21ClFN3O2S2/c1-11(2)8-16-12(3)17(18(27-16)28(22,25)26)13-4-5-14(15(21)9-13)10-24-7-6-23-19(24)20/h4-7,9,11H,8,10H2,1-3H3,(H2,22,25,26).